The molecule has 2 aromatic heterocycles. The lowest BCUT2D eigenvalue weighted by Crippen LogP contribution is -2.28. The smallest absolute Gasteiger partial charge is 0.165 e. The molecule has 0 saturated heterocycles. The molecule has 6 heteroatoms. The summed E-state index contributed by atoms with van der Waals surface area (Å²) in [4.78, 5) is 7.33. The molecule has 0 unspecified atom stereocenters. The van der Waals surface area contributed by atoms with Gasteiger partial charge in [-0.05, 0) is 70.4 Å². The molecular weight excluding hydrogens is 382 g/mol. The summed E-state index contributed by atoms with van der Waals surface area (Å²) in [5, 5.41) is 9.09. The zero-order valence-corrected chi connectivity index (χ0v) is 18.8. The van der Waals surface area contributed by atoms with Gasteiger partial charge in [0.15, 0.2) is 5.65 Å². The third-order valence-corrected chi connectivity index (χ3v) is 5.31. The van der Waals surface area contributed by atoms with Gasteiger partial charge in [-0.1, -0.05) is 37.6 Å². The molecule has 0 bridgehead atoms. The maximum absolute atomic E-state index is 6.06. The van der Waals surface area contributed by atoms with Crippen LogP contribution in [0.15, 0.2) is 30.3 Å². The van der Waals surface area contributed by atoms with E-state index in [2.05, 4.69) is 30.1 Å². The third kappa shape index (κ3) is 5.28. The first kappa shape index (κ1) is 21.6. The van der Waals surface area contributed by atoms with Crippen molar-refractivity contribution < 1.29 is 0 Å². The van der Waals surface area contributed by atoms with Gasteiger partial charge in [-0.25, -0.2) is 4.98 Å². The van der Waals surface area contributed by atoms with Gasteiger partial charge in [-0.2, -0.15) is 9.61 Å². The van der Waals surface area contributed by atoms with Crippen LogP contribution in [0.4, 0.5) is 5.82 Å². The predicted octanol–water partition coefficient (Wildman–Crippen LogP) is 5.59. The molecule has 1 aromatic carbocycles. The van der Waals surface area contributed by atoms with Gasteiger partial charge in [0.25, 0.3) is 0 Å². The Morgan fingerprint density at radius 1 is 1.03 bits per heavy atom. The van der Waals surface area contributed by atoms with E-state index < -0.39 is 0 Å². The molecule has 5 nitrogen and oxygen atoms in total. The molecule has 156 valence electrons. The minimum absolute atomic E-state index is 0.731. The maximum Gasteiger partial charge on any atom is 0.165 e. The Balaban J connectivity index is 1.79. The van der Waals surface area contributed by atoms with Crippen molar-refractivity contribution in [3.8, 4) is 11.1 Å². The standard InChI is InChI=1S/C23H32ClN5/c1-5-13-28(14-6-2)15-7-12-25-21-16-17(3)26-23-22(18(4)27-29(21)23)19-8-10-20(24)11-9-19/h8-11,16,25H,5-7,12-15H2,1-4H3. The molecule has 0 atom stereocenters. The van der Waals surface area contributed by atoms with Crippen LogP contribution in [0.2, 0.25) is 5.02 Å². The minimum atomic E-state index is 0.731. The monoisotopic (exact) mass is 413 g/mol. The highest BCUT2D eigenvalue weighted by molar-refractivity contribution is 6.30. The van der Waals surface area contributed by atoms with Gasteiger partial charge in [-0.3, -0.25) is 0 Å². The molecule has 0 saturated carbocycles. The van der Waals surface area contributed by atoms with Gasteiger partial charge < -0.3 is 10.2 Å². The molecule has 29 heavy (non-hydrogen) atoms. The first-order chi connectivity index (χ1) is 14.0. The molecule has 0 radical (unpaired) electrons. The van der Waals surface area contributed by atoms with Gasteiger partial charge in [0.1, 0.15) is 5.82 Å². The Morgan fingerprint density at radius 2 is 1.72 bits per heavy atom. The van der Waals surface area contributed by atoms with Gasteiger partial charge in [0.05, 0.1) is 5.69 Å². The number of fused-ring (bicyclic) bond motifs is 1. The summed E-state index contributed by atoms with van der Waals surface area (Å²) >= 11 is 6.06. The molecule has 3 rings (SSSR count). The van der Waals surface area contributed by atoms with Crippen molar-refractivity contribution >= 4 is 23.1 Å². The second-order valence-corrected chi connectivity index (χ2v) is 8.04. The Bertz CT molecular complexity index is 927. The maximum atomic E-state index is 6.06. The van der Waals surface area contributed by atoms with Crippen molar-refractivity contribution in [3.63, 3.8) is 0 Å². The Labute approximate surface area is 179 Å². The van der Waals surface area contributed by atoms with Crippen molar-refractivity contribution in [1.29, 1.82) is 0 Å². The average Bonchev–Trinajstić information content (AvgIpc) is 3.02. The van der Waals surface area contributed by atoms with E-state index in [0.29, 0.717) is 0 Å². The van der Waals surface area contributed by atoms with E-state index in [9.17, 15) is 0 Å². The quantitative estimate of drug-likeness (QED) is 0.440. The molecule has 3 aromatic rings. The fourth-order valence-corrected chi connectivity index (χ4v) is 3.94. The summed E-state index contributed by atoms with van der Waals surface area (Å²) in [6, 6.07) is 9.94. The van der Waals surface area contributed by atoms with Crippen molar-refractivity contribution in [2.45, 2.75) is 47.0 Å². The number of benzene rings is 1. The van der Waals surface area contributed by atoms with Gasteiger partial charge in [0.2, 0.25) is 0 Å². The fraction of sp³-hybridized carbons (Fsp3) is 0.478. The molecule has 1 N–H and O–H groups in total. The van der Waals surface area contributed by atoms with E-state index >= 15 is 0 Å². The number of halogens is 1. The number of nitrogens with one attached hydrogen (secondary N) is 1. The average molecular weight is 414 g/mol. The zero-order chi connectivity index (χ0) is 20.8. The van der Waals surface area contributed by atoms with Crippen LogP contribution in [-0.4, -0.2) is 45.7 Å². The normalized spacial score (nSPS) is 11.5. The molecule has 0 spiro atoms. The largest absolute Gasteiger partial charge is 0.370 e. The number of nitrogens with zero attached hydrogens (tertiary/aromatic N) is 4. The van der Waals surface area contributed by atoms with Crippen LogP contribution in [-0.2, 0) is 0 Å². The summed E-state index contributed by atoms with van der Waals surface area (Å²) in [6.07, 6.45) is 3.52. The van der Waals surface area contributed by atoms with E-state index in [1.54, 1.807) is 0 Å². The molecule has 0 aliphatic heterocycles. The topological polar surface area (TPSA) is 45.5 Å². The van der Waals surface area contributed by atoms with Crippen LogP contribution in [0.5, 0.6) is 0 Å². The summed E-state index contributed by atoms with van der Waals surface area (Å²) in [7, 11) is 0. The Kier molecular flexibility index (Phi) is 7.51. The van der Waals surface area contributed by atoms with E-state index in [4.69, 9.17) is 21.7 Å². The van der Waals surface area contributed by atoms with Crippen LogP contribution in [0, 0.1) is 13.8 Å². The van der Waals surface area contributed by atoms with E-state index in [1.165, 1.54) is 25.9 Å². The van der Waals surface area contributed by atoms with Crippen LogP contribution in [0.25, 0.3) is 16.8 Å². The molecule has 2 heterocycles. The highest BCUT2D eigenvalue weighted by atomic mass is 35.5. The number of hydrogen-bond donors (Lipinski definition) is 1. The van der Waals surface area contributed by atoms with Gasteiger partial charge in [-0.15, -0.1) is 0 Å². The zero-order valence-electron chi connectivity index (χ0n) is 18.0. The summed E-state index contributed by atoms with van der Waals surface area (Å²) < 4.78 is 1.93. The number of anilines is 1. The van der Waals surface area contributed by atoms with Crippen LogP contribution < -0.4 is 5.32 Å². The number of hydrogen-bond acceptors (Lipinski definition) is 4. The SMILES string of the molecule is CCCN(CCC)CCCNc1cc(C)nc2c(-c3ccc(Cl)cc3)c(C)nn12. The summed E-state index contributed by atoms with van der Waals surface area (Å²) in [5.74, 6) is 0.994. The number of aryl methyl sites for hydroxylation is 2. The molecule has 0 fully saturated rings. The minimum Gasteiger partial charge on any atom is -0.370 e. The summed E-state index contributed by atoms with van der Waals surface area (Å²) in [5.41, 5.74) is 4.97. The third-order valence-electron chi connectivity index (χ3n) is 5.06. The van der Waals surface area contributed by atoms with Crippen LogP contribution >= 0.6 is 11.6 Å². The van der Waals surface area contributed by atoms with Crippen molar-refractivity contribution in [1.82, 2.24) is 19.5 Å². The molecule has 0 aliphatic carbocycles. The first-order valence-electron chi connectivity index (χ1n) is 10.6. The fourth-order valence-electron chi connectivity index (χ4n) is 3.81. The van der Waals surface area contributed by atoms with Crippen LogP contribution in [0.1, 0.15) is 44.5 Å². The lowest BCUT2D eigenvalue weighted by Gasteiger charge is -2.21. The highest BCUT2D eigenvalue weighted by Crippen LogP contribution is 2.30. The highest BCUT2D eigenvalue weighted by Gasteiger charge is 2.16. The Hall–Kier alpha value is -2.11. The predicted molar refractivity (Wildman–Crippen MR) is 123 cm³/mol. The molecule has 0 amide bonds. The lowest BCUT2D eigenvalue weighted by molar-refractivity contribution is 0.274. The van der Waals surface area contributed by atoms with Crippen LogP contribution in [0.3, 0.4) is 0 Å². The number of rotatable bonds is 10. The van der Waals surface area contributed by atoms with Gasteiger partial charge in [0, 0.05) is 28.9 Å². The second-order valence-electron chi connectivity index (χ2n) is 7.61. The van der Waals surface area contributed by atoms with E-state index in [0.717, 1.165) is 58.5 Å². The summed E-state index contributed by atoms with van der Waals surface area (Å²) in [6.45, 7) is 12.9. The van der Waals surface area contributed by atoms with Crippen molar-refractivity contribution in [3.05, 3.63) is 46.7 Å². The lowest BCUT2D eigenvalue weighted by atomic mass is 10.1. The van der Waals surface area contributed by atoms with Crippen molar-refractivity contribution in [2.75, 3.05) is 31.5 Å². The van der Waals surface area contributed by atoms with E-state index in [1.807, 2.05) is 42.6 Å². The number of aromatic nitrogens is 3. The molecule has 0 aliphatic rings. The second kappa shape index (κ2) is 10.1. The Morgan fingerprint density at radius 3 is 2.38 bits per heavy atom. The molecular formula is C23H32ClN5. The van der Waals surface area contributed by atoms with Crippen molar-refractivity contribution in [2.24, 2.45) is 0 Å². The first-order valence-corrected chi connectivity index (χ1v) is 11.0. The van der Waals surface area contributed by atoms with E-state index in [-0.39, 0.29) is 0 Å². The van der Waals surface area contributed by atoms with Gasteiger partial charge >= 0.3 is 0 Å².